The van der Waals surface area contributed by atoms with Gasteiger partial charge in [-0.1, -0.05) is 6.08 Å². The van der Waals surface area contributed by atoms with Crippen LogP contribution in [0.1, 0.15) is 6.42 Å². The highest BCUT2D eigenvalue weighted by Crippen LogP contribution is 2.17. The van der Waals surface area contributed by atoms with Crippen LogP contribution in [0.25, 0.3) is 0 Å². The summed E-state index contributed by atoms with van der Waals surface area (Å²) in [5.41, 5.74) is 0.970. The Balaban J connectivity index is 1.66. The third-order valence-corrected chi connectivity index (χ3v) is 4.89. The van der Waals surface area contributed by atoms with E-state index in [4.69, 9.17) is 0 Å². The van der Waals surface area contributed by atoms with Gasteiger partial charge >= 0.3 is 0 Å². The van der Waals surface area contributed by atoms with Crippen LogP contribution in [0.5, 0.6) is 0 Å². The molecule has 136 valence electrons. The van der Waals surface area contributed by atoms with Crippen molar-refractivity contribution in [2.45, 2.75) is 6.42 Å². The zero-order valence-corrected chi connectivity index (χ0v) is 15.1. The van der Waals surface area contributed by atoms with Crippen LogP contribution < -0.4 is 10.2 Å². The number of carbonyl (C=O) groups is 2. The topological polar surface area (TPSA) is 52.7 Å². The van der Waals surface area contributed by atoms with E-state index in [1.807, 2.05) is 4.90 Å². The Labute approximate surface area is 152 Å². The van der Waals surface area contributed by atoms with E-state index in [0.29, 0.717) is 31.8 Å². The van der Waals surface area contributed by atoms with Crippen molar-refractivity contribution in [2.24, 2.45) is 0 Å². The second-order valence-corrected chi connectivity index (χ2v) is 6.78. The third kappa shape index (κ3) is 6.42. The van der Waals surface area contributed by atoms with Crippen LogP contribution in [0.15, 0.2) is 36.9 Å². The fourth-order valence-corrected chi connectivity index (χ4v) is 3.19. The molecule has 2 rings (SSSR count). The highest BCUT2D eigenvalue weighted by Gasteiger charge is 2.21. The SMILES string of the molecule is C=CCSCC(=O)NCCC(=O)N1CCN(c2ccc(F)cc2)CC1. The molecule has 0 saturated carbocycles. The minimum Gasteiger partial charge on any atom is -0.368 e. The van der Waals surface area contributed by atoms with E-state index in [2.05, 4.69) is 16.8 Å². The van der Waals surface area contributed by atoms with Gasteiger partial charge in [0, 0.05) is 50.6 Å². The second kappa shape index (κ2) is 10.1. The molecule has 0 spiro atoms. The Morgan fingerprint density at radius 1 is 1.20 bits per heavy atom. The lowest BCUT2D eigenvalue weighted by atomic mass is 10.2. The van der Waals surface area contributed by atoms with Gasteiger partial charge in [-0.2, -0.15) is 0 Å². The van der Waals surface area contributed by atoms with Crippen molar-refractivity contribution in [2.75, 3.05) is 49.1 Å². The standard InChI is InChI=1S/C18H24FN3O2S/c1-2-13-25-14-17(23)20-8-7-18(24)22-11-9-21(10-12-22)16-5-3-15(19)4-6-16/h2-6H,1,7-14H2,(H,20,23). The highest BCUT2D eigenvalue weighted by atomic mass is 32.2. The predicted octanol–water partition coefficient (Wildman–Crippen LogP) is 1.90. The van der Waals surface area contributed by atoms with E-state index in [1.165, 1.54) is 23.9 Å². The molecule has 0 atom stereocenters. The Morgan fingerprint density at radius 2 is 1.88 bits per heavy atom. The number of thioether (sulfide) groups is 1. The molecule has 0 aromatic heterocycles. The van der Waals surface area contributed by atoms with Crippen molar-refractivity contribution < 1.29 is 14.0 Å². The van der Waals surface area contributed by atoms with Gasteiger partial charge < -0.3 is 15.1 Å². The molecule has 7 heteroatoms. The maximum atomic E-state index is 13.0. The minimum absolute atomic E-state index is 0.0535. The van der Waals surface area contributed by atoms with Gasteiger partial charge in [-0.05, 0) is 24.3 Å². The quantitative estimate of drug-likeness (QED) is 0.565. The summed E-state index contributed by atoms with van der Waals surface area (Å²) >= 11 is 1.49. The Kier molecular flexibility index (Phi) is 7.78. The maximum Gasteiger partial charge on any atom is 0.230 e. The molecule has 5 nitrogen and oxygen atoms in total. The number of carbonyl (C=O) groups excluding carboxylic acids is 2. The van der Waals surface area contributed by atoms with E-state index in [0.717, 1.165) is 24.5 Å². The van der Waals surface area contributed by atoms with Crippen LogP contribution in [0.4, 0.5) is 10.1 Å². The van der Waals surface area contributed by atoms with Crippen LogP contribution in [0.3, 0.4) is 0 Å². The molecular formula is C18H24FN3O2S. The second-order valence-electron chi connectivity index (χ2n) is 5.75. The molecule has 25 heavy (non-hydrogen) atoms. The van der Waals surface area contributed by atoms with Gasteiger partial charge in [-0.3, -0.25) is 9.59 Å². The molecule has 0 bridgehead atoms. The van der Waals surface area contributed by atoms with Crippen molar-refractivity contribution in [3.63, 3.8) is 0 Å². The molecule has 0 unspecified atom stereocenters. The summed E-state index contributed by atoms with van der Waals surface area (Å²) in [6.45, 7) is 6.69. The number of anilines is 1. The predicted molar refractivity (Wildman–Crippen MR) is 100 cm³/mol. The third-order valence-electron chi connectivity index (χ3n) is 3.95. The monoisotopic (exact) mass is 365 g/mol. The zero-order valence-electron chi connectivity index (χ0n) is 14.2. The van der Waals surface area contributed by atoms with Crippen molar-refractivity contribution in [3.05, 3.63) is 42.7 Å². The number of halogens is 1. The van der Waals surface area contributed by atoms with E-state index in [9.17, 15) is 14.0 Å². The van der Waals surface area contributed by atoms with E-state index in [-0.39, 0.29) is 17.6 Å². The lowest BCUT2D eigenvalue weighted by Crippen LogP contribution is -2.49. The number of hydrogen-bond acceptors (Lipinski definition) is 4. The van der Waals surface area contributed by atoms with Gasteiger partial charge in [0.25, 0.3) is 0 Å². The zero-order chi connectivity index (χ0) is 18.1. The summed E-state index contributed by atoms with van der Waals surface area (Å²) < 4.78 is 13.0. The first-order valence-electron chi connectivity index (χ1n) is 8.34. The number of rotatable bonds is 8. The molecule has 0 radical (unpaired) electrons. The summed E-state index contributed by atoms with van der Waals surface area (Å²) in [6.07, 6.45) is 2.07. The van der Waals surface area contributed by atoms with Gasteiger partial charge in [0.05, 0.1) is 5.75 Å². The van der Waals surface area contributed by atoms with E-state index in [1.54, 1.807) is 18.2 Å². The van der Waals surface area contributed by atoms with Crippen LogP contribution in [0.2, 0.25) is 0 Å². The lowest BCUT2D eigenvalue weighted by molar-refractivity contribution is -0.131. The van der Waals surface area contributed by atoms with Gasteiger partial charge in [0.1, 0.15) is 5.82 Å². The first-order valence-corrected chi connectivity index (χ1v) is 9.49. The van der Waals surface area contributed by atoms with Crippen LogP contribution in [-0.4, -0.2) is 60.9 Å². The Morgan fingerprint density at radius 3 is 2.52 bits per heavy atom. The normalized spacial score (nSPS) is 14.3. The Hall–Kier alpha value is -2.02. The molecule has 1 heterocycles. The first kappa shape index (κ1) is 19.3. The molecule has 1 aromatic rings. The average molecular weight is 365 g/mol. The number of piperazine rings is 1. The van der Waals surface area contributed by atoms with E-state index < -0.39 is 0 Å². The van der Waals surface area contributed by atoms with Crippen LogP contribution in [0, 0.1) is 5.82 Å². The smallest absolute Gasteiger partial charge is 0.230 e. The van der Waals surface area contributed by atoms with Crippen molar-refractivity contribution in [1.82, 2.24) is 10.2 Å². The van der Waals surface area contributed by atoms with Crippen LogP contribution in [-0.2, 0) is 9.59 Å². The first-order chi connectivity index (χ1) is 12.1. The molecular weight excluding hydrogens is 341 g/mol. The molecule has 1 fully saturated rings. The summed E-state index contributed by atoms with van der Waals surface area (Å²) in [7, 11) is 0. The number of hydrogen-bond donors (Lipinski definition) is 1. The summed E-state index contributed by atoms with van der Waals surface area (Å²) in [5, 5.41) is 2.76. The van der Waals surface area contributed by atoms with Crippen molar-refractivity contribution in [3.8, 4) is 0 Å². The summed E-state index contributed by atoms with van der Waals surface area (Å²) in [6, 6.07) is 6.41. The molecule has 1 aromatic carbocycles. The number of amides is 2. The molecule has 0 aliphatic carbocycles. The largest absolute Gasteiger partial charge is 0.368 e. The van der Waals surface area contributed by atoms with E-state index >= 15 is 0 Å². The maximum absolute atomic E-state index is 13.0. The van der Waals surface area contributed by atoms with Gasteiger partial charge in [0.15, 0.2) is 0 Å². The van der Waals surface area contributed by atoms with Crippen molar-refractivity contribution >= 4 is 29.3 Å². The fraction of sp³-hybridized carbons (Fsp3) is 0.444. The fourth-order valence-electron chi connectivity index (χ4n) is 2.62. The molecule has 1 aliphatic rings. The highest BCUT2D eigenvalue weighted by molar-refractivity contribution is 8.00. The lowest BCUT2D eigenvalue weighted by Gasteiger charge is -2.36. The van der Waals surface area contributed by atoms with Crippen molar-refractivity contribution in [1.29, 1.82) is 0 Å². The molecule has 2 amide bonds. The number of benzene rings is 1. The number of nitrogens with one attached hydrogen (secondary N) is 1. The average Bonchev–Trinajstić information content (AvgIpc) is 2.63. The molecule has 1 saturated heterocycles. The summed E-state index contributed by atoms with van der Waals surface area (Å²) in [4.78, 5) is 27.7. The number of nitrogens with zero attached hydrogens (tertiary/aromatic N) is 2. The summed E-state index contributed by atoms with van der Waals surface area (Å²) in [5.74, 6) is 0.877. The molecule has 1 N–H and O–H groups in total. The molecule has 1 aliphatic heterocycles. The van der Waals surface area contributed by atoms with Gasteiger partial charge in [0.2, 0.25) is 11.8 Å². The Bertz CT molecular complexity index is 586. The van der Waals surface area contributed by atoms with Gasteiger partial charge in [-0.25, -0.2) is 4.39 Å². The minimum atomic E-state index is -0.248. The van der Waals surface area contributed by atoms with Gasteiger partial charge in [-0.15, -0.1) is 18.3 Å². The van der Waals surface area contributed by atoms with Crippen LogP contribution >= 0.6 is 11.8 Å².